The van der Waals surface area contributed by atoms with Crippen molar-refractivity contribution in [2.75, 3.05) is 0 Å². The number of aromatic nitrogens is 2. The third-order valence-corrected chi connectivity index (χ3v) is 3.60. The summed E-state index contributed by atoms with van der Waals surface area (Å²) in [6, 6.07) is 6.52. The lowest BCUT2D eigenvalue weighted by atomic mass is 10.0. The van der Waals surface area contributed by atoms with Crippen molar-refractivity contribution in [2.45, 2.75) is 25.9 Å². The van der Waals surface area contributed by atoms with Crippen molar-refractivity contribution in [3.8, 4) is 0 Å². The van der Waals surface area contributed by atoms with Crippen molar-refractivity contribution in [1.82, 2.24) is 9.78 Å². The molecule has 0 amide bonds. The van der Waals surface area contributed by atoms with E-state index in [1.807, 2.05) is 20.0 Å². The number of nitrogens with zero attached hydrogens (tertiary/aromatic N) is 2. The molecule has 0 saturated carbocycles. The van der Waals surface area contributed by atoms with Gasteiger partial charge in [0.1, 0.15) is 5.82 Å². The summed E-state index contributed by atoms with van der Waals surface area (Å²) < 4.78 is 16.2. The Hall–Kier alpha value is -1.20. The topological polar surface area (TPSA) is 38.0 Å². The van der Waals surface area contributed by atoms with E-state index in [4.69, 9.17) is 0 Å². The molecule has 0 aliphatic carbocycles. The summed E-state index contributed by atoms with van der Waals surface area (Å²) in [5.41, 5.74) is 2.16. The molecule has 1 N–H and O–H groups in total. The van der Waals surface area contributed by atoms with Gasteiger partial charge in [-0.15, -0.1) is 0 Å². The van der Waals surface area contributed by atoms with E-state index in [1.165, 1.54) is 6.07 Å². The molecular formula is C14H16BrFN2O. The maximum Gasteiger partial charge on any atom is 0.129 e. The molecule has 0 saturated heterocycles. The third kappa shape index (κ3) is 3.22. The van der Waals surface area contributed by atoms with E-state index in [1.54, 1.807) is 16.8 Å². The van der Waals surface area contributed by atoms with Gasteiger partial charge in [-0.05, 0) is 30.7 Å². The zero-order valence-electron chi connectivity index (χ0n) is 10.9. The Kier molecular flexibility index (Phi) is 4.37. The molecule has 19 heavy (non-hydrogen) atoms. The molecule has 1 atom stereocenters. The number of aryl methyl sites for hydroxylation is 2. The lowest BCUT2D eigenvalue weighted by Gasteiger charge is -2.12. The van der Waals surface area contributed by atoms with E-state index in [0.29, 0.717) is 12.0 Å². The lowest BCUT2D eigenvalue weighted by molar-refractivity contribution is 0.171. The second-order valence-electron chi connectivity index (χ2n) is 4.49. The molecule has 0 fully saturated rings. The summed E-state index contributed by atoms with van der Waals surface area (Å²) in [4.78, 5) is 0. The molecule has 2 rings (SSSR count). The summed E-state index contributed by atoms with van der Waals surface area (Å²) in [5, 5.41) is 14.5. The number of hydrogen-bond donors (Lipinski definition) is 1. The molecule has 5 heteroatoms. The average molecular weight is 327 g/mol. The fraction of sp³-hybridized carbons (Fsp3) is 0.357. The molecule has 0 spiro atoms. The van der Waals surface area contributed by atoms with Crippen LogP contribution in [0.5, 0.6) is 0 Å². The molecule has 3 nitrogen and oxygen atoms in total. The fourth-order valence-corrected chi connectivity index (χ4v) is 2.39. The lowest BCUT2D eigenvalue weighted by Crippen LogP contribution is -2.08. The minimum atomic E-state index is -0.877. The molecule has 0 radical (unpaired) electrons. The third-order valence-electron chi connectivity index (χ3n) is 3.11. The van der Waals surface area contributed by atoms with Crippen LogP contribution in [0.15, 0.2) is 28.7 Å². The maximum atomic E-state index is 13.7. The fourth-order valence-electron chi connectivity index (χ4n) is 2.01. The minimum Gasteiger partial charge on any atom is -0.388 e. The van der Waals surface area contributed by atoms with Gasteiger partial charge >= 0.3 is 0 Å². The van der Waals surface area contributed by atoms with Crippen molar-refractivity contribution in [3.05, 3.63) is 51.5 Å². The first-order chi connectivity index (χ1) is 9.01. The summed E-state index contributed by atoms with van der Waals surface area (Å²) >= 11 is 3.28. The van der Waals surface area contributed by atoms with E-state index in [0.717, 1.165) is 22.3 Å². The monoisotopic (exact) mass is 326 g/mol. The molecule has 0 aliphatic heterocycles. The number of aliphatic hydroxyl groups is 1. The SMILES string of the molecule is CCc1cc(CC(O)c2cc(Br)ccc2F)n(C)n1. The normalized spacial score (nSPS) is 12.7. The van der Waals surface area contributed by atoms with E-state index in [9.17, 15) is 9.50 Å². The van der Waals surface area contributed by atoms with Crippen LogP contribution in [0.2, 0.25) is 0 Å². The average Bonchev–Trinajstić information content (AvgIpc) is 2.73. The standard InChI is InChI=1S/C14H16BrFN2O/c1-3-10-7-11(18(2)17-10)8-14(19)12-6-9(15)4-5-13(12)16/h4-7,14,19H,3,8H2,1-2H3. The predicted molar refractivity (Wildman–Crippen MR) is 75.3 cm³/mol. The van der Waals surface area contributed by atoms with E-state index < -0.39 is 11.9 Å². The van der Waals surface area contributed by atoms with Crippen molar-refractivity contribution >= 4 is 15.9 Å². The molecule has 1 aromatic heterocycles. The van der Waals surface area contributed by atoms with Gasteiger partial charge in [0.15, 0.2) is 0 Å². The zero-order valence-corrected chi connectivity index (χ0v) is 12.5. The van der Waals surface area contributed by atoms with Gasteiger partial charge in [-0.1, -0.05) is 22.9 Å². The van der Waals surface area contributed by atoms with Gasteiger partial charge in [0.05, 0.1) is 11.8 Å². The van der Waals surface area contributed by atoms with Crippen LogP contribution in [0, 0.1) is 5.82 Å². The van der Waals surface area contributed by atoms with Gasteiger partial charge in [0.2, 0.25) is 0 Å². The molecule has 0 aliphatic rings. The minimum absolute atomic E-state index is 0.300. The number of benzene rings is 1. The predicted octanol–water partition coefficient (Wildman–Crippen LogP) is 3.16. The Labute approximate surface area is 120 Å². The first kappa shape index (κ1) is 14.2. The molecule has 1 unspecified atom stereocenters. The molecule has 1 heterocycles. The quantitative estimate of drug-likeness (QED) is 0.937. The van der Waals surface area contributed by atoms with Crippen molar-refractivity contribution in [3.63, 3.8) is 0 Å². The second kappa shape index (κ2) is 5.84. The van der Waals surface area contributed by atoms with Gasteiger partial charge in [-0.25, -0.2) is 4.39 Å². The van der Waals surface area contributed by atoms with Gasteiger partial charge < -0.3 is 5.11 Å². The smallest absolute Gasteiger partial charge is 0.129 e. The Bertz CT molecular complexity index is 583. The van der Waals surface area contributed by atoms with Crippen molar-refractivity contribution in [2.24, 2.45) is 7.05 Å². The highest BCUT2D eigenvalue weighted by atomic mass is 79.9. The second-order valence-corrected chi connectivity index (χ2v) is 5.41. The number of rotatable bonds is 4. The molecule has 102 valence electrons. The van der Waals surface area contributed by atoms with E-state index >= 15 is 0 Å². The zero-order chi connectivity index (χ0) is 14.0. The molecular weight excluding hydrogens is 311 g/mol. The Balaban J connectivity index is 2.22. The highest BCUT2D eigenvalue weighted by molar-refractivity contribution is 9.10. The van der Waals surface area contributed by atoms with Crippen LogP contribution in [0.25, 0.3) is 0 Å². The Morgan fingerprint density at radius 1 is 1.42 bits per heavy atom. The van der Waals surface area contributed by atoms with Crippen molar-refractivity contribution in [1.29, 1.82) is 0 Å². The first-order valence-electron chi connectivity index (χ1n) is 6.16. The largest absolute Gasteiger partial charge is 0.388 e. The van der Waals surface area contributed by atoms with Crippen LogP contribution < -0.4 is 0 Å². The summed E-state index contributed by atoms with van der Waals surface area (Å²) in [6.45, 7) is 2.02. The maximum absolute atomic E-state index is 13.7. The van der Waals surface area contributed by atoms with Crippen LogP contribution in [-0.4, -0.2) is 14.9 Å². The number of aliphatic hydroxyl groups excluding tert-OH is 1. The van der Waals surface area contributed by atoms with E-state index in [-0.39, 0.29) is 0 Å². The van der Waals surface area contributed by atoms with Gasteiger partial charge in [0.25, 0.3) is 0 Å². The van der Waals surface area contributed by atoms with E-state index in [2.05, 4.69) is 21.0 Å². The molecule has 0 bridgehead atoms. The van der Waals surface area contributed by atoms with Gasteiger partial charge in [-0.3, -0.25) is 4.68 Å². The van der Waals surface area contributed by atoms with Crippen LogP contribution >= 0.6 is 15.9 Å². The number of hydrogen-bond acceptors (Lipinski definition) is 2. The highest BCUT2D eigenvalue weighted by Gasteiger charge is 2.16. The van der Waals surface area contributed by atoms with Gasteiger partial charge in [0, 0.05) is 29.2 Å². The summed E-state index contributed by atoms with van der Waals surface area (Å²) in [6.07, 6.45) is 0.309. The van der Waals surface area contributed by atoms with Crippen LogP contribution in [-0.2, 0) is 19.9 Å². The highest BCUT2D eigenvalue weighted by Crippen LogP contribution is 2.24. The molecule has 2 aromatic rings. The van der Waals surface area contributed by atoms with Crippen molar-refractivity contribution < 1.29 is 9.50 Å². The van der Waals surface area contributed by atoms with Gasteiger partial charge in [-0.2, -0.15) is 5.10 Å². The Morgan fingerprint density at radius 2 is 2.16 bits per heavy atom. The number of halogens is 2. The van der Waals surface area contributed by atoms with Crippen LogP contribution in [0.4, 0.5) is 4.39 Å². The first-order valence-corrected chi connectivity index (χ1v) is 6.95. The van der Waals surface area contributed by atoms with Crippen LogP contribution in [0.3, 0.4) is 0 Å². The summed E-state index contributed by atoms with van der Waals surface area (Å²) in [7, 11) is 1.83. The van der Waals surface area contributed by atoms with Crippen LogP contribution in [0.1, 0.15) is 30.0 Å². The Morgan fingerprint density at radius 3 is 2.79 bits per heavy atom. The molecule has 1 aromatic carbocycles. The summed E-state index contributed by atoms with van der Waals surface area (Å²) in [5.74, 6) is -0.395.